The van der Waals surface area contributed by atoms with Crippen LogP contribution in [0.3, 0.4) is 0 Å². The van der Waals surface area contributed by atoms with Gasteiger partial charge in [0.25, 0.3) is 0 Å². The van der Waals surface area contributed by atoms with Gasteiger partial charge < -0.3 is 0 Å². The number of nitrogens with zero attached hydrogens (tertiary/aromatic N) is 1. The molecular weight excluding hydrogens is 354 g/mol. The van der Waals surface area contributed by atoms with Gasteiger partial charge in [-0.25, -0.2) is 0 Å². The Morgan fingerprint density at radius 2 is 1.07 bits per heavy atom. The molecule has 0 saturated carbocycles. The lowest BCUT2D eigenvalue weighted by molar-refractivity contribution is 0.106. The molecule has 0 bridgehead atoms. The van der Waals surface area contributed by atoms with Crippen molar-refractivity contribution in [2.24, 2.45) is 4.99 Å². The van der Waals surface area contributed by atoms with Crippen LogP contribution in [0.1, 0.15) is 32.6 Å². The minimum atomic E-state index is -0.737. The van der Waals surface area contributed by atoms with E-state index >= 15 is 0 Å². The maximum Gasteiger partial charge on any atom is 0.211 e. The molecule has 1 aliphatic heterocycles. The average molecular weight is 373 g/mol. The van der Waals surface area contributed by atoms with Gasteiger partial charge >= 0.3 is 0 Å². The van der Waals surface area contributed by atoms with Crippen LogP contribution in [0.4, 0.5) is 0 Å². The van der Waals surface area contributed by atoms with E-state index in [0.29, 0.717) is 11.3 Å². The minimum absolute atomic E-state index is 0.0493. The van der Waals surface area contributed by atoms with Gasteiger partial charge in [-0.05, 0) is 16.7 Å². The second-order valence-electron chi connectivity index (χ2n) is 7.14. The lowest BCUT2D eigenvalue weighted by Gasteiger charge is -2.29. The molecule has 5 rings (SSSR count). The molecule has 0 N–H and O–H groups in total. The predicted octanol–water partition coefficient (Wildman–Crippen LogP) is 5.66. The smallest absolute Gasteiger partial charge is 0.211 e. The Hall–Kier alpha value is -3.78. The van der Waals surface area contributed by atoms with E-state index in [4.69, 9.17) is 4.99 Å². The van der Waals surface area contributed by atoms with Crippen molar-refractivity contribution in [3.8, 4) is 0 Å². The van der Waals surface area contributed by atoms with E-state index < -0.39 is 5.54 Å². The van der Waals surface area contributed by atoms with Crippen LogP contribution < -0.4 is 0 Å². The summed E-state index contributed by atoms with van der Waals surface area (Å²) in [5, 5.41) is 0. The molecule has 1 heterocycles. The number of carbonyl (C=O) groups excluding carboxylic acids is 1. The third kappa shape index (κ3) is 2.73. The van der Waals surface area contributed by atoms with Gasteiger partial charge in [0.05, 0.1) is 0 Å². The first-order valence-electron chi connectivity index (χ1n) is 9.71. The van der Waals surface area contributed by atoms with Crippen molar-refractivity contribution in [1.29, 1.82) is 0 Å². The molecule has 0 aliphatic carbocycles. The monoisotopic (exact) mass is 373 g/mol. The number of ketones is 1. The molecule has 0 saturated heterocycles. The van der Waals surface area contributed by atoms with Crippen LogP contribution in [0.25, 0.3) is 0 Å². The number of fused-ring (bicyclic) bond motifs is 1. The summed E-state index contributed by atoms with van der Waals surface area (Å²) in [4.78, 5) is 18.6. The van der Waals surface area contributed by atoms with Crippen molar-refractivity contribution in [3.05, 3.63) is 143 Å². The van der Waals surface area contributed by atoms with Crippen LogP contribution in [-0.4, -0.2) is 11.5 Å². The normalized spacial score (nSPS) is 14.1. The molecule has 0 aromatic heterocycles. The summed E-state index contributed by atoms with van der Waals surface area (Å²) in [5.41, 5.74) is 4.46. The van der Waals surface area contributed by atoms with E-state index in [1.54, 1.807) is 0 Å². The molecule has 0 fully saturated rings. The number of carbonyl (C=O) groups is 1. The predicted molar refractivity (Wildman–Crippen MR) is 117 cm³/mol. The van der Waals surface area contributed by atoms with Gasteiger partial charge in [0.2, 0.25) is 5.78 Å². The highest BCUT2D eigenvalue weighted by molar-refractivity contribution is 6.52. The van der Waals surface area contributed by atoms with Crippen molar-refractivity contribution < 1.29 is 4.79 Å². The first-order valence-corrected chi connectivity index (χ1v) is 9.71. The average Bonchev–Trinajstić information content (AvgIpc) is 3.17. The van der Waals surface area contributed by atoms with Crippen LogP contribution in [0.15, 0.2) is 120 Å². The second kappa shape index (κ2) is 6.99. The molecule has 4 aromatic rings. The molecule has 0 unspecified atom stereocenters. The zero-order valence-electron chi connectivity index (χ0n) is 15.8. The number of rotatable bonds is 4. The van der Waals surface area contributed by atoms with Crippen LogP contribution in [0, 0.1) is 0 Å². The Bertz CT molecular complexity index is 1160. The molecular formula is C27H19NO. The summed E-state index contributed by atoms with van der Waals surface area (Å²) in [7, 11) is 0. The Morgan fingerprint density at radius 1 is 0.586 bits per heavy atom. The van der Waals surface area contributed by atoms with Gasteiger partial charge in [-0.15, -0.1) is 0 Å². The molecule has 0 spiro atoms. The lowest BCUT2D eigenvalue weighted by Crippen LogP contribution is -2.25. The summed E-state index contributed by atoms with van der Waals surface area (Å²) < 4.78 is 0. The topological polar surface area (TPSA) is 29.4 Å². The zero-order valence-corrected chi connectivity index (χ0v) is 15.8. The molecule has 1 aliphatic rings. The van der Waals surface area contributed by atoms with Crippen molar-refractivity contribution in [2.75, 3.05) is 0 Å². The van der Waals surface area contributed by atoms with E-state index in [9.17, 15) is 4.79 Å². The molecule has 138 valence electrons. The van der Waals surface area contributed by atoms with E-state index in [2.05, 4.69) is 30.3 Å². The summed E-state index contributed by atoms with van der Waals surface area (Å²) in [6.07, 6.45) is 0. The molecule has 0 radical (unpaired) electrons. The van der Waals surface area contributed by atoms with Gasteiger partial charge in [0, 0.05) is 11.1 Å². The van der Waals surface area contributed by atoms with Gasteiger partial charge in [-0.3, -0.25) is 9.79 Å². The highest BCUT2D eigenvalue weighted by atomic mass is 16.1. The fourth-order valence-electron chi connectivity index (χ4n) is 4.16. The van der Waals surface area contributed by atoms with Gasteiger partial charge in [-0.2, -0.15) is 0 Å². The van der Waals surface area contributed by atoms with Crippen LogP contribution >= 0.6 is 0 Å². The van der Waals surface area contributed by atoms with E-state index in [-0.39, 0.29) is 5.78 Å². The first-order chi connectivity index (χ1) is 14.3. The molecule has 4 aromatic carbocycles. The summed E-state index contributed by atoms with van der Waals surface area (Å²) in [5.74, 6) is -0.0493. The Morgan fingerprint density at radius 3 is 1.66 bits per heavy atom. The van der Waals surface area contributed by atoms with E-state index in [1.807, 2.05) is 84.9 Å². The van der Waals surface area contributed by atoms with Crippen LogP contribution in [-0.2, 0) is 5.54 Å². The Kier molecular flexibility index (Phi) is 4.18. The van der Waals surface area contributed by atoms with Crippen molar-refractivity contribution in [3.63, 3.8) is 0 Å². The molecule has 2 nitrogen and oxygen atoms in total. The summed E-state index contributed by atoms with van der Waals surface area (Å²) in [6, 6.07) is 37.9. The molecule has 29 heavy (non-hydrogen) atoms. The highest BCUT2D eigenvalue weighted by Gasteiger charge is 2.44. The number of benzene rings is 4. The maximum absolute atomic E-state index is 13.4. The number of aliphatic imine (C=N–C) groups is 1. The number of Topliss-reactive ketones (excluding diaryl/α,β-unsaturated/α-hetero) is 1. The fourth-order valence-corrected chi connectivity index (χ4v) is 4.16. The minimum Gasteiger partial charge on any atom is -0.287 e. The maximum atomic E-state index is 13.4. The van der Waals surface area contributed by atoms with Crippen LogP contribution in [0.5, 0.6) is 0 Å². The molecule has 2 heteroatoms. The van der Waals surface area contributed by atoms with Crippen molar-refractivity contribution >= 4 is 11.5 Å². The van der Waals surface area contributed by atoms with Gasteiger partial charge in [0.1, 0.15) is 11.3 Å². The Labute approximate surface area is 170 Å². The zero-order chi connectivity index (χ0) is 19.7. The van der Waals surface area contributed by atoms with Crippen LogP contribution in [0.2, 0.25) is 0 Å². The summed E-state index contributed by atoms with van der Waals surface area (Å²) in [6.45, 7) is 0. The van der Waals surface area contributed by atoms with E-state index in [0.717, 1.165) is 22.3 Å². The third-order valence-corrected chi connectivity index (χ3v) is 5.49. The van der Waals surface area contributed by atoms with Gasteiger partial charge in [-0.1, -0.05) is 115 Å². The Balaban J connectivity index is 1.81. The number of hydrogen-bond donors (Lipinski definition) is 0. The largest absolute Gasteiger partial charge is 0.287 e. The number of hydrogen-bond acceptors (Lipinski definition) is 2. The molecule has 0 atom stereocenters. The summed E-state index contributed by atoms with van der Waals surface area (Å²) >= 11 is 0. The third-order valence-electron chi connectivity index (χ3n) is 5.49. The molecule has 0 amide bonds. The second-order valence-corrected chi connectivity index (χ2v) is 7.14. The van der Waals surface area contributed by atoms with Crippen molar-refractivity contribution in [2.45, 2.75) is 5.54 Å². The standard InChI is InChI=1S/C27H19NO/c29-26(20-12-4-1-5-13-20)25-23-18-10-11-19-24(23)27(28-25,21-14-6-2-7-15-21)22-16-8-3-9-17-22/h1-19H. The lowest BCUT2D eigenvalue weighted by atomic mass is 9.77. The van der Waals surface area contributed by atoms with Gasteiger partial charge in [0.15, 0.2) is 0 Å². The van der Waals surface area contributed by atoms with Crippen molar-refractivity contribution in [1.82, 2.24) is 0 Å². The van der Waals surface area contributed by atoms with E-state index in [1.165, 1.54) is 0 Å². The first kappa shape index (κ1) is 17.3. The quantitative estimate of drug-likeness (QED) is 0.424. The highest BCUT2D eigenvalue weighted by Crippen LogP contribution is 2.46. The SMILES string of the molecule is O=C(C1=NC(c2ccccc2)(c2ccccc2)c2ccccc21)c1ccccc1. The fraction of sp³-hybridized carbons (Fsp3) is 0.0370.